The summed E-state index contributed by atoms with van der Waals surface area (Å²) in [7, 11) is 0. The van der Waals surface area contributed by atoms with Gasteiger partial charge in [0.15, 0.2) is 0 Å². The maximum Gasteiger partial charge on any atom is 0.116 e. The van der Waals surface area contributed by atoms with Gasteiger partial charge in [0.2, 0.25) is 0 Å². The van der Waals surface area contributed by atoms with E-state index in [0.717, 1.165) is 13.0 Å². The monoisotopic (exact) mass is 129 g/mol. The fourth-order valence-electron chi connectivity index (χ4n) is 0.497. The molecule has 0 radical (unpaired) electrons. The van der Waals surface area contributed by atoms with Crippen molar-refractivity contribution in [1.82, 2.24) is 5.32 Å². The molecular formula is C7H15NO. The van der Waals surface area contributed by atoms with E-state index in [1.165, 1.54) is 0 Å². The molecular weight excluding hydrogens is 114 g/mol. The Balaban J connectivity index is 0.000000291. The molecule has 1 aliphatic heterocycles. The predicted molar refractivity (Wildman–Crippen MR) is 39.1 cm³/mol. The van der Waals surface area contributed by atoms with Crippen LogP contribution in [0.3, 0.4) is 0 Å². The zero-order chi connectivity index (χ0) is 6.95. The highest BCUT2D eigenvalue weighted by atomic mass is 16.5. The van der Waals surface area contributed by atoms with E-state index in [4.69, 9.17) is 4.74 Å². The molecule has 0 aromatic rings. The Kier molecular flexibility index (Phi) is 7.08. The Morgan fingerprint density at radius 2 is 2.22 bits per heavy atom. The van der Waals surface area contributed by atoms with Gasteiger partial charge in [-0.3, -0.25) is 0 Å². The van der Waals surface area contributed by atoms with Crippen molar-refractivity contribution in [2.24, 2.45) is 0 Å². The van der Waals surface area contributed by atoms with Crippen LogP contribution in [0.1, 0.15) is 20.3 Å². The second kappa shape index (κ2) is 7.50. The van der Waals surface area contributed by atoms with E-state index in [-0.39, 0.29) is 0 Å². The first-order chi connectivity index (χ1) is 4.50. The number of rotatable bonds is 0. The Hall–Kier alpha value is -0.500. The molecule has 2 heteroatoms. The highest BCUT2D eigenvalue weighted by Crippen LogP contribution is 1.86. The molecule has 0 fully saturated rings. The summed E-state index contributed by atoms with van der Waals surface area (Å²) in [4.78, 5) is 0. The van der Waals surface area contributed by atoms with Crippen LogP contribution >= 0.6 is 0 Å². The maximum atomic E-state index is 5.02. The number of ether oxygens (including phenoxy) is 1. The van der Waals surface area contributed by atoms with Crippen molar-refractivity contribution in [2.45, 2.75) is 20.3 Å². The molecule has 2 nitrogen and oxygen atoms in total. The molecule has 0 unspecified atom stereocenters. The van der Waals surface area contributed by atoms with Gasteiger partial charge in [-0.25, -0.2) is 0 Å². The van der Waals surface area contributed by atoms with Crippen LogP contribution in [-0.4, -0.2) is 13.3 Å². The third-order valence-electron chi connectivity index (χ3n) is 0.850. The standard InChI is InChI=1S/C5H9NO.C2H6/c1-2-4-7-5-6-3-1;1-2/h1,3,6H,2,4-5H2;1-2H3. The summed E-state index contributed by atoms with van der Waals surface area (Å²) < 4.78 is 5.02. The molecule has 1 heterocycles. The van der Waals surface area contributed by atoms with Crippen LogP contribution in [0, 0.1) is 0 Å². The summed E-state index contributed by atoms with van der Waals surface area (Å²) in [6.07, 6.45) is 5.02. The zero-order valence-electron chi connectivity index (χ0n) is 6.18. The molecule has 1 N–H and O–H groups in total. The molecule has 0 atom stereocenters. The van der Waals surface area contributed by atoms with Gasteiger partial charge < -0.3 is 10.1 Å². The van der Waals surface area contributed by atoms with E-state index in [2.05, 4.69) is 11.4 Å². The first-order valence-corrected chi connectivity index (χ1v) is 3.46. The molecule has 1 rings (SSSR count). The minimum atomic E-state index is 0.663. The Morgan fingerprint density at radius 1 is 1.44 bits per heavy atom. The Bertz CT molecular complexity index is 63.3. The number of hydrogen-bond acceptors (Lipinski definition) is 2. The molecule has 0 aliphatic carbocycles. The van der Waals surface area contributed by atoms with Gasteiger partial charge in [0, 0.05) is 0 Å². The molecule has 0 aromatic heterocycles. The number of nitrogens with one attached hydrogen (secondary N) is 1. The van der Waals surface area contributed by atoms with Gasteiger partial charge in [-0.2, -0.15) is 0 Å². The molecule has 54 valence electrons. The van der Waals surface area contributed by atoms with E-state index in [1.807, 2.05) is 20.0 Å². The fraction of sp³-hybridized carbons (Fsp3) is 0.714. The average Bonchev–Trinajstić information content (AvgIpc) is 2.21. The minimum absolute atomic E-state index is 0.663. The molecule has 9 heavy (non-hydrogen) atoms. The van der Waals surface area contributed by atoms with Gasteiger partial charge in [-0.1, -0.05) is 19.9 Å². The highest BCUT2D eigenvalue weighted by Gasteiger charge is 1.85. The quantitative estimate of drug-likeness (QED) is 0.535. The third-order valence-corrected chi connectivity index (χ3v) is 0.850. The predicted octanol–water partition coefficient (Wildman–Crippen LogP) is 1.49. The van der Waals surface area contributed by atoms with Gasteiger partial charge in [0.05, 0.1) is 6.61 Å². The van der Waals surface area contributed by atoms with Gasteiger partial charge >= 0.3 is 0 Å². The average molecular weight is 129 g/mol. The molecule has 0 spiro atoms. The van der Waals surface area contributed by atoms with Crippen LogP contribution in [0.25, 0.3) is 0 Å². The summed E-state index contributed by atoms with van der Waals surface area (Å²) in [5, 5.41) is 2.94. The van der Waals surface area contributed by atoms with Gasteiger partial charge in [0.1, 0.15) is 6.73 Å². The van der Waals surface area contributed by atoms with Gasteiger partial charge in [-0.05, 0) is 12.6 Å². The smallest absolute Gasteiger partial charge is 0.116 e. The van der Waals surface area contributed by atoms with Crippen molar-refractivity contribution in [2.75, 3.05) is 13.3 Å². The lowest BCUT2D eigenvalue weighted by Gasteiger charge is -1.94. The molecule has 0 aromatic carbocycles. The highest BCUT2D eigenvalue weighted by molar-refractivity contribution is 4.79. The van der Waals surface area contributed by atoms with Crippen LogP contribution in [-0.2, 0) is 4.74 Å². The van der Waals surface area contributed by atoms with Crippen molar-refractivity contribution < 1.29 is 4.74 Å². The summed E-state index contributed by atoms with van der Waals surface area (Å²) >= 11 is 0. The van der Waals surface area contributed by atoms with Crippen LogP contribution in [0.5, 0.6) is 0 Å². The molecule has 0 amide bonds. The van der Waals surface area contributed by atoms with Crippen molar-refractivity contribution in [3.8, 4) is 0 Å². The normalized spacial score (nSPS) is 16.7. The molecule has 0 bridgehead atoms. The van der Waals surface area contributed by atoms with Crippen LogP contribution in [0.2, 0.25) is 0 Å². The molecule has 0 saturated carbocycles. The minimum Gasteiger partial charge on any atom is -0.369 e. The lowest BCUT2D eigenvalue weighted by atomic mass is 10.4. The van der Waals surface area contributed by atoms with E-state index in [0.29, 0.717) is 6.73 Å². The Morgan fingerprint density at radius 3 is 3.00 bits per heavy atom. The van der Waals surface area contributed by atoms with Crippen LogP contribution in [0.15, 0.2) is 12.3 Å². The van der Waals surface area contributed by atoms with Crippen molar-refractivity contribution in [1.29, 1.82) is 0 Å². The van der Waals surface area contributed by atoms with E-state index in [1.54, 1.807) is 0 Å². The topological polar surface area (TPSA) is 21.3 Å². The fourth-order valence-corrected chi connectivity index (χ4v) is 0.497. The van der Waals surface area contributed by atoms with Gasteiger partial charge in [0.25, 0.3) is 0 Å². The summed E-state index contributed by atoms with van der Waals surface area (Å²) in [6, 6.07) is 0. The first-order valence-electron chi connectivity index (χ1n) is 3.46. The SMILES string of the molecule is C1=CNCOCC1.CC. The maximum absolute atomic E-state index is 5.02. The van der Waals surface area contributed by atoms with Crippen molar-refractivity contribution in [3.05, 3.63) is 12.3 Å². The largest absolute Gasteiger partial charge is 0.369 e. The summed E-state index contributed by atoms with van der Waals surface area (Å²) in [5.41, 5.74) is 0. The van der Waals surface area contributed by atoms with E-state index < -0.39 is 0 Å². The third kappa shape index (κ3) is 5.37. The van der Waals surface area contributed by atoms with Crippen LogP contribution in [0.4, 0.5) is 0 Å². The Labute approximate surface area is 56.9 Å². The van der Waals surface area contributed by atoms with E-state index >= 15 is 0 Å². The second-order valence-electron chi connectivity index (χ2n) is 1.45. The first kappa shape index (κ1) is 8.50. The van der Waals surface area contributed by atoms with Gasteiger partial charge in [-0.15, -0.1) is 0 Å². The lowest BCUT2D eigenvalue weighted by Crippen LogP contribution is -2.07. The number of hydrogen-bond donors (Lipinski definition) is 1. The zero-order valence-corrected chi connectivity index (χ0v) is 6.18. The second-order valence-corrected chi connectivity index (χ2v) is 1.45. The lowest BCUT2D eigenvalue weighted by molar-refractivity contribution is 0.135. The molecule has 1 aliphatic rings. The summed E-state index contributed by atoms with van der Waals surface area (Å²) in [6.45, 7) is 5.51. The molecule has 0 saturated heterocycles. The summed E-state index contributed by atoms with van der Waals surface area (Å²) in [5.74, 6) is 0. The van der Waals surface area contributed by atoms with E-state index in [9.17, 15) is 0 Å². The van der Waals surface area contributed by atoms with Crippen molar-refractivity contribution in [3.63, 3.8) is 0 Å². The van der Waals surface area contributed by atoms with Crippen LogP contribution < -0.4 is 5.32 Å². The van der Waals surface area contributed by atoms with Crippen molar-refractivity contribution >= 4 is 0 Å².